The number of nitrogens with one attached hydrogen (secondary N) is 3. The maximum Gasteiger partial charge on any atom is 0.239 e. The van der Waals surface area contributed by atoms with Crippen molar-refractivity contribution >= 4 is 11.8 Å². The van der Waals surface area contributed by atoms with Crippen molar-refractivity contribution in [1.82, 2.24) is 16.0 Å². The molecule has 0 bridgehead atoms. The van der Waals surface area contributed by atoms with Crippen LogP contribution in [0.3, 0.4) is 0 Å². The van der Waals surface area contributed by atoms with Crippen molar-refractivity contribution in [1.29, 1.82) is 0 Å². The summed E-state index contributed by atoms with van der Waals surface area (Å²) in [5.74, 6) is 0.524. The summed E-state index contributed by atoms with van der Waals surface area (Å²) in [5.41, 5.74) is 2.52. The third kappa shape index (κ3) is 6.32. The van der Waals surface area contributed by atoms with Crippen LogP contribution in [0.25, 0.3) is 0 Å². The third-order valence-electron chi connectivity index (χ3n) is 4.35. The van der Waals surface area contributed by atoms with Crippen molar-refractivity contribution < 1.29 is 9.59 Å². The lowest BCUT2D eigenvalue weighted by Gasteiger charge is -2.23. The molecule has 0 unspecified atom stereocenters. The van der Waals surface area contributed by atoms with E-state index in [1.807, 2.05) is 0 Å². The van der Waals surface area contributed by atoms with Crippen molar-refractivity contribution in [2.75, 3.05) is 20.1 Å². The first-order valence-electron chi connectivity index (χ1n) is 8.69. The van der Waals surface area contributed by atoms with E-state index in [1.165, 1.54) is 11.1 Å². The summed E-state index contributed by atoms with van der Waals surface area (Å²) in [6.07, 6.45) is 1.12. The molecule has 0 aliphatic carbocycles. The molecule has 0 aliphatic rings. The van der Waals surface area contributed by atoms with Gasteiger partial charge in [0.25, 0.3) is 0 Å². The smallest absolute Gasteiger partial charge is 0.239 e. The summed E-state index contributed by atoms with van der Waals surface area (Å²) in [5, 5.41) is 8.37. The van der Waals surface area contributed by atoms with Crippen LogP contribution >= 0.6 is 0 Å². The molecule has 0 aliphatic heterocycles. The van der Waals surface area contributed by atoms with Crippen LogP contribution in [-0.2, 0) is 9.59 Å². The van der Waals surface area contributed by atoms with E-state index >= 15 is 0 Å². The van der Waals surface area contributed by atoms with Crippen LogP contribution in [0, 0.1) is 5.92 Å². The van der Waals surface area contributed by atoms with E-state index in [2.05, 4.69) is 67.9 Å². The van der Waals surface area contributed by atoms with Gasteiger partial charge in [0.05, 0.1) is 13.1 Å². The van der Waals surface area contributed by atoms with Gasteiger partial charge in [-0.1, -0.05) is 52.0 Å². The Labute approximate surface area is 145 Å². The number of hydrogen-bond donors (Lipinski definition) is 3. The second-order valence-electron chi connectivity index (χ2n) is 6.53. The molecule has 0 saturated heterocycles. The van der Waals surface area contributed by atoms with Gasteiger partial charge < -0.3 is 16.0 Å². The average Bonchev–Trinajstić information content (AvgIpc) is 2.59. The van der Waals surface area contributed by atoms with Gasteiger partial charge in [-0.2, -0.15) is 0 Å². The molecule has 2 atom stereocenters. The molecule has 0 heterocycles. The number of likely N-dealkylation sites (N-methyl/N-ethyl adjacent to an activating group) is 1. The fourth-order valence-electron chi connectivity index (χ4n) is 2.54. The highest BCUT2D eigenvalue weighted by Gasteiger charge is 2.17. The van der Waals surface area contributed by atoms with Crippen LogP contribution in [0.1, 0.15) is 57.2 Å². The van der Waals surface area contributed by atoms with Crippen LogP contribution in [0.4, 0.5) is 0 Å². The van der Waals surface area contributed by atoms with Gasteiger partial charge in [0.15, 0.2) is 0 Å². The molecular weight excluding hydrogens is 302 g/mol. The van der Waals surface area contributed by atoms with E-state index in [4.69, 9.17) is 0 Å². The average molecular weight is 333 g/mol. The number of carbonyl (C=O) groups is 2. The number of rotatable bonds is 9. The largest absolute Gasteiger partial charge is 0.358 e. The molecule has 0 radical (unpaired) electrons. The molecule has 1 aromatic carbocycles. The number of carbonyl (C=O) groups excluding carboxylic acids is 2. The molecule has 0 aromatic heterocycles. The molecule has 3 N–H and O–H groups in total. The van der Waals surface area contributed by atoms with Crippen LogP contribution < -0.4 is 16.0 Å². The van der Waals surface area contributed by atoms with Crippen molar-refractivity contribution in [2.45, 2.75) is 46.1 Å². The van der Waals surface area contributed by atoms with Gasteiger partial charge in [-0.25, -0.2) is 0 Å². The van der Waals surface area contributed by atoms with Crippen LogP contribution in [0.2, 0.25) is 0 Å². The van der Waals surface area contributed by atoms with E-state index in [0.717, 1.165) is 6.42 Å². The van der Waals surface area contributed by atoms with Crippen molar-refractivity contribution in [3.63, 3.8) is 0 Å². The molecule has 0 fully saturated rings. The first kappa shape index (κ1) is 20.2. The lowest BCUT2D eigenvalue weighted by atomic mass is 9.92. The molecule has 1 rings (SSSR count). The highest BCUT2D eigenvalue weighted by Crippen LogP contribution is 2.25. The Morgan fingerprint density at radius 1 is 0.958 bits per heavy atom. The van der Waals surface area contributed by atoms with E-state index in [-0.39, 0.29) is 30.9 Å². The zero-order valence-corrected chi connectivity index (χ0v) is 15.5. The highest BCUT2D eigenvalue weighted by molar-refractivity contribution is 5.85. The van der Waals surface area contributed by atoms with Gasteiger partial charge in [-0.3, -0.25) is 9.59 Å². The summed E-state index contributed by atoms with van der Waals surface area (Å²) >= 11 is 0. The Bertz CT molecular complexity index is 526. The second-order valence-corrected chi connectivity index (χ2v) is 6.53. The Balaban J connectivity index is 2.64. The Morgan fingerprint density at radius 3 is 2.04 bits per heavy atom. The van der Waals surface area contributed by atoms with Crippen molar-refractivity contribution in [3.8, 4) is 0 Å². The van der Waals surface area contributed by atoms with Gasteiger partial charge in [0.2, 0.25) is 11.8 Å². The van der Waals surface area contributed by atoms with Gasteiger partial charge in [-0.05, 0) is 29.4 Å². The summed E-state index contributed by atoms with van der Waals surface area (Å²) in [7, 11) is 1.55. The minimum Gasteiger partial charge on any atom is -0.358 e. The van der Waals surface area contributed by atoms with Gasteiger partial charge in [0.1, 0.15) is 0 Å². The first-order valence-corrected chi connectivity index (χ1v) is 8.69. The van der Waals surface area contributed by atoms with Gasteiger partial charge >= 0.3 is 0 Å². The predicted octanol–water partition coefficient (Wildman–Crippen LogP) is 2.35. The molecule has 24 heavy (non-hydrogen) atoms. The van der Waals surface area contributed by atoms with Crippen LogP contribution in [-0.4, -0.2) is 32.0 Å². The molecule has 5 heteroatoms. The second kappa shape index (κ2) is 10.1. The minimum absolute atomic E-state index is 0.00691. The predicted molar refractivity (Wildman–Crippen MR) is 97.8 cm³/mol. The zero-order valence-electron chi connectivity index (χ0n) is 15.5. The van der Waals surface area contributed by atoms with Crippen molar-refractivity contribution in [2.24, 2.45) is 5.92 Å². The molecular formula is C19H31N3O2. The summed E-state index contributed by atoms with van der Waals surface area (Å²) in [6.45, 7) is 8.86. The minimum atomic E-state index is -0.204. The standard InChI is InChI=1S/C19H31N3O2/c1-6-14(4)15-7-9-16(10-8-15)19(13(2)3)22-12-18(24)21-11-17(23)20-5/h7-10,13-14,19,22H,6,11-12H2,1-5H3,(H,20,23)(H,21,24)/t14-,19-/m1/s1. The number of amides is 2. The van der Waals surface area contributed by atoms with Gasteiger partial charge in [-0.15, -0.1) is 0 Å². The van der Waals surface area contributed by atoms with E-state index in [1.54, 1.807) is 7.05 Å². The Morgan fingerprint density at radius 2 is 1.54 bits per heavy atom. The Hall–Kier alpha value is -1.88. The van der Waals surface area contributed by atoms with E-state index in [9.17, 15) is 9.59 Å². The highest BCUT2D eigenvalue weighted by atomic mass is 16.2. The normalized spacial score (nSPS) is 13.4. The molecule has 0 saturated carbocycles. The third-order valence-corrected chi connectivity index (χ3v) is 4.35. The molecule has 5 nitrogen and oxygen atoms in total. The fraction of sp³-hybridized carbons (Fsp3) is 0.579. The molecule has 2 amide bonds. The monoisotopic (exact) mass is 333 g/mol. The number of hydrogen-bond acceptors (Lipinski definition) is 3. The lowest BCUT2D eigenvalue weighted by Crippen LogP contribution is -2.41. The summed E-state index contributed by atoms with van der Waals surface area (Å²) < 4.78 is 0. The maximum absolute atomic E-state index is 11.9. The maximum atomic E-state index is 11.9. The molecule has 1 aromatic rings. The lowest BCUT2D eigenvalue weighted by molar-refractivity contribution is -0.125. The summed E-state index contributed by atoms with van der Waals surface area (Å²) in [4.78, 5) is 23.0. The summed E-state index contributed by atoms with van der Waals surface area (Å²) in [6, 6.07) is 8.73. The Kier molecular flexibility index (Phi) is 8.47. The number of benzene rings is 1. The van der Waals surface area contributed by atoms with Gasteiger partial charge in [0, 0.05) is 13.1 Å². The van der Waals surface area contributed by atoms with Crippen LogP contribution in [0.15, 0.2) is 24.3 Å². The van der Waals surface area contributed by atoms with Crippen LogP contribution in [0.5, 0.6) is 0 Å². The molecule has 0 spiro atoms. The van der Waals surface area contributed by atoms with Crippen molar-refractivity contribution in [3.05, 3.63) is 35.4 Å². The topological polar surface area (TPSA) is 70.2 Å². The van der Waals surface area contributed by atoms with E-state index in [0.29, 0.717) is 11.8 Å². The first-order chi connectivity index (χ1) is 11.4. The van der Waals surface area contributed by atoms with E-state index < -0.39 is 0 Å². The zero-order chi connectivity index (χ0) is 18.1. The quantitative estimate of drug-likeness (QED) is 0.650. The fourth-order valence-corrected chi connectivity index (χ4v) is 2.54. The molecule has 134 valence electrons. The SMILES string of the molecule is CC[C@@H](C)c1ccc([C@H](NCC(=O)NCC(=O)NC)C(C)C)cc1.